The van der Waals surface area contributed by atoms with E-state index in [1.807, 2.05) is 18.2 Å². The molecule has 6 aliphatic heterocycles. The molecule has 6 heterocycles. The van der Waals surface area contributed by atoms with Gasteiger partial charge in [0.2, 0.25) is 5.91 Å². The van der Waals surface area contributed by atoms with Crippen LogP contribution in [0.1, 0.15) is 108 Å². The van der Waals surface area contributed by atoms with Gasteiger partial charge in [-0.1, -0.05) is 76.3 Å². The number of amides is 2. The van der Waals surface area contributed by atoms with Gasteiger partial charge in [0.25, 0.3) is 11.7 Å². The highest BCUT2D eigenvalue weighted by molar-refractivity contribution is 6.19. The second-order valence-electron chi connectivity index (χ2n) is 21.2. The van der Waals surface area contributed by atoms with Crippen LogP contribution in [0.4, 0.5) is 5.69 Å². The molecule has 0 radical (unpaired) electrons. The van der Waals surface area contributed by atoms with Crippen molar-refractivity contribution in [3.63, 3.8) is 0 Å². The van der Waals surface area contributed by atoms with Crippen LogP contribution in [0.2, 0.25) is 0 Å². The maximum atomic E-state index is 14.8. The number of anilines is 1. The molecular weight excluding hydrogens is 933 g/mol. The molecule has 5 N–H and O–H groups in total. The van der Waals surface area contributed by atoms with Crippen molar-refractivity contribution in [1.29, 1.82) is 0 Å². The van der Waals surface area contributed by atoms with Crippen LogP contribution in [0.15, 0.2) is 76.5 Å². The van der Waals surface area contributed by atoms with E-state index < -0.39 is 71.4 Å². The summed E-state index contributed by atoms with van der Waals surface area (Å²) in [4.78, 5) is 72.5. The van der Waals surface area contributed by atoms with Gasteiger partial charge in [0.15, 0.2) is 11.4 Å². The number of fused-ring (bicyclic) bond motifs is 13. The standard InChI is InChI=1S/C56H72N6O11/c1-33(2)31-61-24-20-56(21-25-61)58-46-43-44-50(67)37(6)52-45(43)53(69)55(7,73-52)71-28-12-11-19-39(72-42(65)30-41(64)62-23-14-22-60(26-27-62)32-38-17-9-8-10-18-38)29-40(63)36(5)49(66)34(3)15-13-16-35(4)54(70)57-48(51(44)68)47(46)59-56/h8-10,12-13,15-18,28,33-34,36,39-40,49,63,66-68H,11,14,19-27,29-32H2,1-7H3,(H,57,70)/b15-13+,28-12+,35-16-/t34?,36-,39+,40?,49-,55-/m0/s1. The van der Waals surface area contributed by atoms with Crippen molar-refractivity contribution in [3.05, 3.63) is 93.9 Å². The van der Waals surface area contributed by atoms with E-state index in [2.05, 4.69) is 41.1 Å². The number of phenols is 2. The average Bonchev–Trinajstić information content (AvgIpc) is 3.73. The normalized spacial score (nSPS) is 27.8. The molecule has 17 heteroatoms. The third-order valence-corrected chi connectivity index (χ3v) is 15.1. The first-order valence-corrected chi connectivity index (χ1v) is 25.9. The number of carbonyl (C=O) groups is 4. The number of allylic oxidation sites excluding steroid dienone is 3. The Hall–Kier alpha value is -6.14. The fourth-order valence-electron chi connectivity index (χ4n) is 10.7. The molecule has 0 aliphatic carbocycles. The predicted octanol–water partition coefficient (Wildman–Crippen LogP) is 5.74. The van der Waals surface area contributed by atoms with E-state index in [1.54, 1.807) is 56.9 Å². The zero-order valence-electron chi connectivity index (χ0n) is 43.2. The van der Waals surface area contributed by atoms with E-state index in [0.717, 1.165) is 26.1 Å². The molecule has 392 valence electrons. The van der Waals surface area contributed by atoms with E-state index >= 15 is 0 Å². The second kappa shape index (κ2) is 22.1. The molecule has 3 aromatic carbocycles. The summed E-state index contributed by atoms with van der Waals surface area (Å²) < 4.78 is 18.3. The van der Waals surface area contributed by atoms with Crippen LogP contribution in [-0.2, 0) is 30.4 Å². The lowest BCUT2D eigenvalue weighted by Crippen LogP contribution is -2.43. The number of hydrogen-bond acceptors (Lipinski definition) is 15. The SMILES string of the molecule is C/C1=C/C=C/C(C)[C@H](O)[C@@H](C)C(O)C[C@H](OC(=O)CC(=O)N2CCCN(Cc3ccccc3)CC2)CC/C=C/O[C@@]2(C)Oc3c(C)c(O)c4c(O)c(c5c(c4c3C2=O)=NC2(CCN(CC(C)C)CC2)N=5)NC1=O. The third-order valence-electron chi connectivity index (χ3n) is 15.1. The summed E-state index contributed by atoms with van der Waals surface area (Å²) in [5.41, 5.74) is 0.606. The number of aromatic hydroxyl groups is 2. The molecule has 2 unspecified atom stereocenters. The molecule has 1 spiro atoms. The molecule has 17 nitrogen and oxygen atoms in total. The Kier molecular flexibility index (Phi) is 16.1. The van der Waals surface area contributed by atoms with Gasteiger partial charge in [0, 0.05) is 107 Å². The predicted molar refractivity (Wildman–Crippen MR) is 274 cm³/mol. The highest BCUT2D eigenvalue weighted by Gasteiger charge is 2.50. The fourth-order valence-corrected chi connectivity index (χ4v) is 10.7. The number of likely N-dealkylation sites (tertiary alicyclic amines) is 1. The van der Waals surface area contributed by atoms with Gasteiger partial charge in [-0.3, -0.25) is 34.1 Å². The second-order valence-corrected chi connectivity index (χ2v) is 21.2. The number of ether oxygens (including phenoxy) is 3. The lowest BCUT2D eigenvalue weighted by atomic mass is 9.86. The topological polar surface area (TPSA) is 223 Å². The highest BCUT2D eigenvalue weighted by Crippen LogP contribution is 2.50. The summed E-state index contributed by atoms with van der Waals surface area (Å²) in [6.07, 6.45) is 6.55. The summed E-state index contributed by atoms with van der Waals surface area (Å²) in [6, 6.07) is 10.1. The van der Waals surface area contributed by atoms with Crippen LogP contribution in [-0.4, -0.2) is 134 Å². The van der Waals surface area contributed by atoms with Gasteiger partial charge in [0.1, 0.15) is 35.1 Å². The molecule has 2 amide bonds. The Morgan fingerprint density at radius 1 is 0.932 bits per heavy atom. The number of esters is 1. The highest BCUT2D eigenvalue weighted by atomic mass is 16.7. The number of piperidine rings is 1. The van der Waals surface area contributed by atoms with Crippen LogP contribution in [0, 0.1) is 24.7 Å². The Morgan fingerprint density at radius 2 is 1.66 bits per heavy atom. The molecule has 9 rings (SSSR count). The smallest absolute Gasteiger partial charge is 0.315 e. The Balaban J connectivity index is 1.08. The summed E-state index contributed by atoms with van der Waals surface area (Å²) >= 11 is 0. The minimum Gasteiger partial charge on any atom is -0.507 e. The molecule has 0 aromatic heterocycles. The van der Waals surface area contributed by atoms with Crippen molar-refractivity contribution in [2.24, 2.45) is 27.7 Å². The molecule has 5 bridgehead atoms. The van der Waals surface area contributed by atoms with E-state index in [-0.39, 0.29) is 80.5 Å². The summed E-state index contributed by atoms with van der Waals surface area (Å²) in [6.45, 7) is 17.9. The van der Waals surface area contributed by atoms with E-state index in [4.69, 9.17) is 24.2 Å². The van der Waals surface area contributed by atoms with Crippen LogP contribution in [0.3, 0.4) is 0 Å². The number of hydrogen-bond donors (Lipinski definition) is 5. The van der Waals surface area contributed by atoms with Crippen molar-refractivity contribution in [2.75, 3.05) is 51.1 Å². The van der Waals surface area contributed by atoms with Crippen LogP contribution in [0.5, 0.6) is 17.2 Å². The lowest BCUT2D eigenvalue weighted by Gasteiger charge is -2.36. The van der Waals surface area contributed by atoms with Gasteiger partial charge in [-0.25, -0.2) is 0 Å². The molecule has 2 fully saturated rings. The number of rotatable bonds is 7. The van der Waals surface area contributed by atoms with Crippen molar-refractivity contribution in [3.8, 4) is 17.2 Å². The molecule has 6 aliphatic rings. The number of nitrogens with zero attached hydrogens (tertiary/aromatic N) is 5. The maximum Gasteiger partial charge on any atom is 0.315 e. The van der Waals surface area contributed by atoms with Crippen molar-refractivity contribution in [1.82, 2.24) is 14.7 Å². The molecular formula is C56H72N6O11. The molecule has 3 aromatic rings. The first kappa shape index (κ1) is 53.2. The zero-order chi connectivity index (χ0) is 52.4. The Labute approximate surface area is 426 Å². The van der Waals surface area contributed by atoms with Crippen molar-refractivity contribution in [2.45, 2.75) is 130 Å². The molecule has 2 saturated heterocycles. The molecule has 73 heavy (non-hydrogen) atoms. The average molecular weight is 1010 g/mol. The summed E-state index contributed by atoms with van der Waals surface area (Å²) in [7, 11) is 0. The summed E-state index contributed by atoms with van der Waals surface area (Å²) in [5.74, 6) is -5.74. The quantitative estimate of drug-likeness (QED) is 0.108. The van der Waals surface area contributed by atoms with Crippen LogP contribution >= 0.6 is 0 Å². The van der Waals surface area contributed by atoms with Gasteiger partial charge in [0.05, 0.1) is 34.8 Å². The van der Waals surface area contributed by atoms with Gasteiger partial charge in [-0.05, 0) is 50.7 Å². The first-order chi connectivity index (χ1) is 34.8. The van der Waals surface area contributed by atoms with Gasteiger partial charge >= 0.3 is 11.8 Å². The van der Waals surface area contributed by atoms with Crippen LogP contribution in [0.25, 0.3) is 10.8 Å². The maximum absolute atomic E-state index is 14.8. The van der Waals surface area contributed by atoms with Gasteiger partial charge in [-0.15, -0.1) is 0 Å². The largest absolute Gasteiger partial charge is 0.507 e. The molecule has 0 saturated carbocycles. The minimum atomic E-state index is -1.94. The number of nitrogens with one attached hydrogen (secondary N) is 1. The Bertz CT molecular complexity index is 2820. The minimum absolute atomic E-state index is 0.0418. The number of aliphatic hydroxyl groups excluding tert-OH is 2. The number of phenolic OH excluding ortho intramolecular Hbond substituents is 2. The molecule has 6 atom stereocenters. The van der Waals surface area contributed by atoms with Gasteiger partial charge < -0.3 is 49.8 Å². The third kappa shape index (κ3) is 11.5. The number of ketones is 1. The van der Waals surface area contributed by atoms with Crippen LogP contribution < -0.4 is 20.8 Å². The summed E-state index contributed by atoms with van der Waals surface area (Å²) in [5, 5.41) is 50.3. The van der Waals surface area contributed by atoms with E-state index in [1.165, 1.54) is 18.7 Å². The van der Waals surface area contributed by atoms with Gasteiger partial charge in [-0.2, -0.15) is 0 Å². The van der Waals surface area contributed by atoms with Crippen molar-refractivity contribution < 1.29 is 53.8 Å². The van der Waals surface area contributed by atoms with Crippen molar-refractivity contribution >= 4 is 40.0 Å². The number of carbonyl (C=O) groups excluding carboxylic acids is 4. The zero-order valence-corrected chi connectivity index (χ0v) is 43.2. The lowest BCUT2D eigenvalue weighted by molar-refractivity contribution is -0.155. The monoisotopic (exact) mass is 1000 g/mol. The van der Waals surface area contributed by atoms with E-state index in [9.17, 15) is 39.6 Å². The number of aliphatic hydroxyl groups is 2. The Morgan fingerprint density at radius 3 is 2.38 bits per heavy atom. The first-order valence-electron chi connectivity index (χ1n) is 25.9. The van der Waals surface area contributed by atoms with E-state index in [0.29, 0.717) is 51.5 Å². The number of Topliss-reactive ketones (excluding diaryl/α,β-unsaturated/α-hetero) is 1. The fraction of sp³-hybridized carbons (Fsp3) is 0.536. The number of benzene rings is 3.